The van der Waals surface area contributed by atoms with E-state index in [2.05, 4.69) is 4.74 Å². The number of ether oxygens (including phenoxy) is 3. The first-order valence-corrected chi connectivity index (χ1v) is 4.71. The van der Waals surface area contributed by atoms with Crippen LogP contribution in [0.25, 0.3) is 0 Å². The molecule has 0 unspecified atom stereocenters. The third-order valence-electron chi connectivity index (χ3n) is 2.29. The lowest BCUT2D eigenvalue weighted by molar-refractivity contribution is 0.0591. The Hall–Kier alpha value is -2.11. The molecule has 6 nitrogen and oxygen atoms in total. The maximum absolute atomic E-state index is 11.5. The van der Waals surface area contributed by atoms with Crippen molar-refractivity contribution in [3.8, 4) is 11.5 Å². The number of hydrogen-bond donors (Lipinski definition) is 2. The zero-order valence-corrected chi connectivity index (χ0v) is 8.78. The number of rotatable bonds is 1. The third-order valence-corrected chi connectivity index (χ3v) is 2.29. The molecule has 1 aliphatic rings. The molecule has 86 valence electrons. The third kappa shape index (κ3) is 1.48. The first-order chi connectivity index (χ1) is 7.65. The van der Waals surface area contributed by atoms with Gasteiger partial charge in [-0.15, -0.1) is 0 Å². The maximum atomic E-state index is 11.5. The highest BCUT2D eigenvalue weighted by atomic mass is 16.6. The number of methoxy groups -OCH3 is 1. The molecule has 0 saturated heterocycles. The van der Waals surface area contributed by atoms with Crippen molar-refractivity contribution in [3.63, 3.8) is 0 Å². The molecular weight excluding hydrogens is 212 g/mol. The van der Waals surface area contributed by atoms with E-state index in [0.29, 0.717) is 24.7 Å². The quantitative estimate of drug-likeness (QED) is 0.529. The molecule has 1 aromatic rings. The summed E-state index contributed by atoms with van der Waals surface area (Å²) >= 11 is 0. The molecule has 4 N–H and O–H groups in total. The molecule has 0 fully saturated rings. The van der Waals surface area contributed by atoms with Crippen LogP contribution in [0, 0.1) is 0 Å². The lowest BCUT2D eigenvalue weighted by Crippen LogP contribution is -2.20. The number of carbonyl (C=O) groups excluding carboxylic acids is 1. The molecule has 1 aliphatic heterocycles. The van der Waals surface area contributed by atoms with Crippen LogP contribution < -0.4 is 20.9 Å². The summed E-state index contributed by atoms with van der Waals surface area (Å²) in [6, 6.07) is 1.43. The molecule has 0 spiro atoms. The van der Waals surface area contributed by atoms with Gasteiger partial charge in [-0.25, -0.2) is 4.79 Å². The highest BCUT2D eigenvalue weighted by Crippen LogP contribution is 2.42. The van der Waals surface area contributed by atoms with Crippen LogP contribution in [0.4, 0.5) is 11.4 Å². The van der Waals surface area contributed by atoms with Crippen LogP contribution in [0.15, 0.2) is 6.07 Å². The summed E-state index contributed by atoms with van der Waals surface area (Å²) in [5, 5.41) is 0. The van der Waals surface area contributed by atoms with E-state index in [-0.39, 0.29) is 16.9 Å². The lowest BCUT2D eigenvalue weighted by Gasteiger charge is -2.22. The monoisotopic (exact) mass is 224 g/mol. The van der Waals surface area contributed by atoms with Gasteiger partial charge in [0.1, 0.15) is 24.5 Å². The van der Waals surface area contributed by atoms with Crippen molar-refractivity contribution in [3.05, 3.63) is 11.6 Å². The topological polar surface area (TPSA) is 96.8 Å². The minimum atomic E-state index is -0.534. The first-order valence-electron chi connectivity index (χ1n) is 4.71. The smallest absolute Gasteiger partial charge is 0.341 e. The Morgan fingerprint density at radius 3 is 2.56 bits per heavy atom. The minimum Gasteiger partial charge on any atom is -0.485 e. The predicted octanol–water partition coefficient (Wildman–Crippen LogP) is 0.409. The molecule has 0 atom stereocenters. The second-order valence-electron chi connectivity index (χ2n) is 3.27. The van der Waals surface area contributed by atoms with Gasteiger partial charge in [-0.1, -0.05) is 0 Å². The summed E-state index contributed by atoms with van der Waals surface area (Å²) in [4.78, 5) is 11.5. The maximum Gasteiger partial charge on any atom is 0.341 e. The molecular formula is C10H12N2O4. The number of carbonyl (C=O) groups is 1. The van der Waals surface area contributed by atoms with E-state index in [9.17, 15) is 4.79 Å². The Morgan fingerprint density at radius 2 is 1.94 bits per heavy atom. The summed E-state index contributed by atoms with van der Waals surface area (Å²) in [7, 11) is 1.28. The van der Waals surface area contributed by atoms with Gasteiger partial charge in [-0.3, -0.25) is 0 Å². The molecule has 1 aromatic carbocycles. The van der Waals surface area contributed by atoms with Crippen molar-refractivity contribution in [2.75, 3.05) is 31.8 Å². The number of benzene rings is 1. The second-order valence-corrected chi connectivity index (χ2v) is 3.27. The van der Waals surface area contributed by atoms with Crippen molar-refractivity contribution < 1.29 is 19.0 Å². The number of esters is 1. The molecule has 16 heavy (non-hydrogen) atoms. The Labute approximate surface area is 92.1 Å². The predicted molar refractivity (Wildman–Crippen MR) is 57.6 cm³/mol. The molecule has 0 radical (unpaired) electrons. The highest BCUT2D eigenvalue weighted by Gasteiger charge is 2.25. The number of hydrogen-bond acceptors (Lipinski definition) is 6. The van der Waals surface area contributed by atoms with Crippen LogP contribution in [0.5, 0.6) is 11.5 Å². The van der Waals surface area contributed by atoms with Gasteiger partial charge in [-0.2, -0.15) is 0 Å². The largest absolute Gasteiger partial charge is 0.485 e. The first kappa shape index (κ1) is 10.4. The van der Waals surface area contributed by atoms with E-state index in [1.165, 1.54) is 13.2 Å². The van der Waals surface area contributed by atoms with Gasteiger partial charge in [-0.05, 0) is 6.07 Å². The van der Waals surface area contributed by atoms with Crippen LogP contribution in [0.2, 0.25) is 0 Å². The van der Waals surface area contributed by atoms with E-state index < -0.39 is 5.97 Å². The molecule has 1 heterocycles. The van der Waals surface area contributed by atoms with E-state index in [4.69, 9.17) is 20.9 Å². The summed E-state index contributed by atoms with van der Waals surface area (Å²) in [5.74, 6) is 0.0740. The van der Waals surface area contributed by atoms with Crippen molar-refractivity contribution in [1.29, 1.82) is 0 Å². The van der Waals surface area contributed by atoms with Crippen LogP contribution in [0.3, 0.4) is 0 Å². The van der Waals surface area contributed by atoms with Crippen molar-refractivity contribution in [2.24, 2.45) is 0 Å². The Kier molecular flexibility index (Phi) is 2.47. The van der Waals surface area contributed by atoms with Crippen LogP contribution >= 0.6 is 0 Å². The Morgan fingerprint density at radius 1 is 1.31 bits per heavy atom. The molecule has 0 bridgehead atoms. The molecule has 2 rings (SSSR count). The summed E-state index contributed by atoms with van der Waals surface area (Å²) in [5.41, 5.74) is 12.2. The van der Waals surface area contributed by atoms with Gasteiger partial charge in [0, 0.05) is 0 Å². The molecule has 0 saturated carbocycles. The van der Waals surface area contributed by atoms with E-state index >= 15 is 0 Å². The molecule has 0 aliphatic carbocycles. The van der Waals surface area contributed by atoms with Gasteiger partial charge < -0.3 is 25.7 Å². The average molecular weight is 224 g/mol. The fourth-order valence-electron chi connectivity index (χ4n) is 1.51. The minimum absolute atomic E-state index is 0.226. The molecule has 0 amide bonds. The zero-order chi connectivity index (χ0) is 11.7. The highest BCUT2D eigenvalue weighted by molar-refractivity contribution is 5.97. The zero-order valence-electron chi connectivity index (χ0n) is 8.78. The SMILES string of the molecule is COC(=O)c1cc(N)c(N)c2c1OCCO2. The molecule has 0 aromatic heterocycles. The fourth-order valence-corrected chi connectivity index (χ4v) is 1.51. The average Bonchev–Trinajstić information content (AvgIpc) is 2.33. The number of anilines is 2. The molecule has 6 heteroatoms. The fraction of sp³-hybridized carbons (Fsp3) is 0.300. The second kappa shape index (κ2) is 3.80. The van der Waals surface area contributed by atoms with E-state index in [1.807, 2.05) is 0 Å². The van der Waals surface area contributed by atoms with Crippen molar-refractivity contribution in [1.82, 2.24) is 0 Å². The van der Waals surface area contributed by atoms with Gasteiger partial charge in [0.15, 0.2) is 11.5 Å². The van der Waals surface area contributed by atoms with Crippen molar-refractivity contribution in [2.45, 2.75) is 0 Å². The Balaban J connectivity index is 2.61. The van der Waals surface area contributed by atoms with Gasteiger partial charge in [0.05, 0.1) is 12.8 Å². The van der Waals surface area contributed by atoms with E-state index in [1.54, 1.807) is 0 Å². The standard InChI is InChI=1S/C10H12N2O4/c1-14-10(13)5-4-6(11)7(12)9-8(5)15-2-3-16-9/h4H,2-3,11-12H2,1H3. The number of nitrogen functional groups attached to an aromatic ring is 2. The van der Waals surface area contributed by atoms with E-state index in [0.717, 1.165) is 0 Å². The van der Waals surface area contributed by atoms with Gasteiger partial charge in [0.25, 0.3) is 0 Å². The number of fused-ring (bicyclic) bond motifs is 1. The summed E-state index contributed by atoms with van der Waals surface area (Å²) < 4.78 is 15.3. The van der Waals surface area contributed by atoms with Crippen LogP contribution in [-0.2, 0) is 4.74 Å². The summed E-state index contributed by atoms with van der Waals surface area (Å²) in [6.45, 7) is 0.738. The number of nitrogens with two attached hydrogens (primary N) is 2. The van der Waals surface area contributed by atoms with Crippen LogP contribution in [0.1, 0.15) is 10.4 Å². The van der Waals surface area contributed by atoms with Crippen molar-refractivity contribution >= 4 is 17.3 Å². The van der Waals surface area contributed by atoms with Gasteiger partial charge in [0.2, 0.25) is 0 Å². The lowest BCUT2D eigenvalue weighted by atomic mass is 10.1. The summed E-state index contributed by atoms with van der Waals surface area (Å²) in [6.07, 6.45) is 0. The normalized spacial score (nSPS) is 13.3. The van der Waals surface area contributed by atoms with Gasteiger partial charge >= 0.3 is 5.97 Å². The van der Waals surface area contributed by atoms with Crippen LogP contribution in [-0.4, -0.2) is 26.3 Å². The Bertz CT molecular complexity index is 445.